The lowest BCUT2D eigenvalue weighted by atomic mass is 10.2. The molecule has 0 aliphatic carbocycles. The molecule has 0 aromatic heterocycles. The molecule has 0 atom stereocenters. The Morgan fingerprint density at radius 1 is 1.39 bits per heavy atom. The van der Waals surface area contributed by atoms with Gasteiger partial charge in [-0.2, -0.15) is 4.31 Å². The number of nitrogens with zero attached hydrogens (tertiary/aromatic N) is 1. The van der Waals surface area contributed by atoms with Gasteiger partial charge in [0.2, 0.25) is 15.9 Å². The van der Waals surface area contributed by atoms with Crippen molar-refractivity contribution in [3.63, 3.8) is 0 Å². The summed E-state index contributed by atoms with van der Waals surface area (Å²) >= 11 is 0. The predicted molar refractivity (Wildman–Crippen MR) is 70.8 cm³/mol. The highest BCUT2D eigenvalue weighted by Crippen LogP contribution is 2.03. The van der Waals surface area contributed by atoms with Crippen molar-refractivity contribution in [3.05, 3.63) is 0 Å². The molecule has 0 saturated heterocycles. The molecule has 0 saturated carbocycles. The standard InChI is InChI=1S/C11H24N2O4S/c1-10(2)8-13(18(4,15)16)9-11(14)12-6-5-7-17-3/h10H,5-9H2,1-4H3,(H,12,14). The van der Waals surface area contributed by atoms with Gasteiger partial charge in [-0.3, -0.25) is 4.79 Å². The summed E-state index contributed by atoms with van der Waals surface area (Å²) in [5.74, 6) is -0.0989. The number of rotatable bonds is 9. The van der Waals surface area contributed by atoms with Crippen molar-refractivity contribution in [3.8, 4) is 0 Å². The van der Waals surface area contributed by atoms with Crippen molar-refractivity contribution in [2.45, 2.75) is 20.3 Å². The number of methoxy groups -OCH3 is 1. The van der Waals surface area contributed by atoms with Gasteiger partial charge in [-0.25, -0.2) is 8.42 Å². The second kappa shape index (κ2) is 8.44. The molecule has 0 rings (SSSR count). The summed E-state index contributed by atoms with van der Waals surface area (Å²) in [5, 5.41) is 2.67. The number of amides is 1. The van der Waals surface area contributed by atoms with Crippen molar-refractivity contribution in [1.82, 2.24) is 9.62 Å². The zero-order valence-electron chi connectivity index (χ0n) is 11.6. The molecule has 0 aromatic rings. The van der Waals surface area contributed by atoms with Gasteiger partial charge in [0.1, 0.15) is 0 Å². The third kappa shape index (κ3) is 8.43. The molecule has 0 unspecified atom stereocenters. The maximum Gasteiger partial charge on any atom is 0.235 e. The molecule has 7 heteroatoms. The van der Waals surface area contributed by atoms with E-state index in [4.69, 9.17) is 4.74 Å². The van der Waals surface area contributed by atoms with E-state index in [1.54, 1.807) is 7.11 Å². The molecule has 1 N–H and O–H groups in total. The van der Waals surface area contributed by atoms with E-state index in [0.29, 0.717) is 26.1 Å². The molecule has 0 aromatic carbocycles. The molecule has 18 heavy (non-hydrogen) atoms. The number of carbonyl (C=O) groups excluding carboxylic acids is 1. The largest absolute Gasteiger partial charge is 0.385 e. The number of hydrogen-bond donors (Lipinski definition) is 1. The van der Waals surface area contributed by atoms with Crippen molar-refractivity contribution >= 4 is 15.9 Å². The Morgan fingerprint density at radius 3 is 2.44 bits per heavy atom. The summed E-state index contributed by atoms with van der Waals surface area (Å²) in [7, 11) is -1.75. The number of sulfonamides is 1. The summed E-state index contributed by atoms with van der Waals surface area (Å²) in [6.07, 6.45) is 1.83. The molecule has 0 heterocycles. The minimum absolute atomic E-state index is 0.121. The first-order valence-corrected chi connectivity index (χ1v) is 7.83. The van der Waals surface area contributed by atoms with E-state index < -0.39 is 10.0 Å². The fraction of sp³-hybridized carbons (Fsp3) is 0.909. The molecule has 0 bridgehead atoms. The number of hydrogen-bond acceptors (Lipinski definition) is 4. The van der Waals surface area contributed by atoms with Gasteiger partial charge >= 0.3 is 0 Å². The molecule has 6 nitrogen and oxygen atoms in total. The number of nitrogens with one attached hydrogen (secondary N) is 1. The third-order valence-corrected chi connectivity index (χ3v) is 3.42. The van der Waals surface area contributed by atoms with Crippen molar-refractivity contribution < 1.29 is 17.9 Å². The second-order valence-corrected chi connectivity index (χ2v) is 6.63. The molecular formula is C11H24N2O4S. The van der Waals surface area contributed by atoms with E-state index in [1.807, 2.05) is 13.8 Å². The number of ether oxygens (including phenoxy) is 1. The maximum absolute atomic E-state index is 11.6. The van der Waals surface area contributed by atoms with Crippen LogP contribution in [-0.4, -0.2) is 58.2 Å². The molecule has 1 amide bonds. The van der Waals surface area contributed by atoms with E-state index >= 15 is 0 Å². The molecule has 0 radical (unpaired) electrons. The van der Waals surface area contributed by atoms with Crippen molar-refractivity contribution in [2.24, 2.45) is 5.92 Å². The van der Waals surface area contributed by atoms with E-state index in [0.717, 1.165) is 6.26 Å². The fourth-order valence-electron chi connectivity index (χ4n) is 1.38. The smallest absolute Gasteiger partial charge is 0.235 e. The summed E-state index contributed by atoms with van der Waals surface area (Å²) in [6.45, 7) is 5.12. The molecule has 108 valence electrons. The van der Waals surface area contributed by atoms with Gasteiger partial charge in [0.15, 0.2) is 0 Å². The van der Waals surface area contributed by atoms with Gasteiger partial charge in [0.25, 0.3) is 0 Å². The molecule has 0 aliphatic heterocycles. The fourth-order valence-corrected chi connectivity index (χ4v) is 2.31. The van der Waals surface area contributed by atoms with Crippen LogP contribution in [0.15, 0.2) is 0 Å². The molecule has 0 aliphatic rings. The van der Waals surface area contributed by atoms with Crippen LogP contribution in [0.2, 0.25) is 0 Å². The van der Waals surface area contributed by atoms with Gasteiger partial charge in [0, 0.05) is 26.8 Å². The Bertz CT molecular complexity index is 341. The van der Waals surface area contributed by atoms with Gasteiger partial charge in [-0.05, 0) is 12.3 Å². The highest BCUT2D eigenvalue weighted by molar-refractivity contribution is 7.88. The normalized spacial score (nSPS) is 12.1. The highest BCUT2D eigenvalue weighted by atomic mass is 32.2. The SMILES string of the molecule is COCCCNC(=O)CN(CC(C)C)S(C)(=O)=O. The summed E-state index contributed by atoms with van der Waals surface area (Å²) in [4.78, 5) is 11.6. The van der Waals surface area contributed by atoms with Gasteiger partial charge < -0.3 is 10.1 Å². The zero-order chi connectivity index (χ0) is 14.2. The minimum atomic E-state index is -3.34. The zero-order valence-corrected chi connectivity index (χ0v) is 12.4. The monoisotopic (exact) mass is 280 g/mol. The summed E-state index contributed by atoms with van der Waals surface area (Å²) < 4.78 is 29.1. The van der Waals surface area contributed by atoms with Gasteiger partial charge in [0.05, 0.1) is 12.8 Å². The lowest BCUT2D eigenvalue weighted by Crippen LogP contribution is -2.42. The van der Waals surface area contributed by atoms with Crippen LogP contribution in [0.3, 0.4) is 0 Å². The lowest BCUT2D eigenvalue weighted by molar-refractivity contribution is -0.121. The quantitative estimate of drug-likeness (QED) is 0.606. The van der Waals surface area contributed by atoms with E-state index in [1.165, 1.54) is 4.31 Å². The van der Waals surface area contributed by atoms with Crippen LogP contribution < -0.4 is 5.32 Å². The summed E-state index contributed by atoms with van der Waals surface area (Å²) in [6, 6.07) is 0. The van der Waals surface area contributed by atoms with Crippen molar-refractivity contribution in [1.29, 1.82) is 0 Å². The average molecular weight is 280 g/mol. The van der Waals surface area contributed by atoms with Crippen LogP contribution in [0, 0.1) is 5.92 Å². The first-order chi connectivity index (χ1) is 8.27. The van der Waals surface area contributed by atoms with Crippen LogP contribution in [0.4, 0.5) is 0 Å². The maximum atomic E-state index is 11.6. The van der Waals surface area contributed by atoms with Crippen LogP contribution in [-0.2, 0) is 19.6 Å². The lowest BCUT2D eigenvalue weighted by Gasteiger charge is -2.21. The molecule has 0 spiro atoms. The minimum Gasteiger partial charge on any atom is -0.385 e. The van der Waals surface area contributed by atoms with Gasteiger partial charge in [-0.1, -0.05) is 13.8 Å². The molecular weight excluding hydrogens is 256 g/mol. The topological polar surface area (TPSA) is 75.7 Å². The van der Waals surface area contributed by atoms with Gasteiger partial charge in [-0.15, -0.1) is 0 Å². The first-order valence-electron chi connectivity index (χ1n) is 5.98. The average Bonchev–Trinajstić information content (AvgIpc) is 2.21. The Hall–Kier alpha value is -0.660. The third-order valence-electron chi connectivity index (χ3n) is 2.21. The number of carbonyl (C=O) groups is 1. The second-order valence-electron chi connectivity index (χ2n) is 4.65. The van der Waals surface area contributed by atoms with E-state index in [9.17, 15) is 13.2 Å². The van der Waals surface area contributed by atoms with E-state index in [2.05, 4.69) is 5.32 Å². The van der Waals surface area contributed by atoms with E-state index in [-0.39, 0.29) is 18.4 Å². The Kier molecular flexibility index (Phi) is 8.13. The van der Waals surface area contributed by atoms with Crippen LogP contribution in [0.25, 0.3) is 0 Å². The van der Waals surface area contributed by atoms with Crippen molar-refractivity contribution in [2.75, 3.05) is 39.6 Å². The highest BCUT2D eigenvalue weighted by Gasteiger charge is 2.20. The Labute approximate surface area is 110 Å². The van der Waals surface area contributed by atoms with Crippen LogP contribution >= 0.6 is 0 Å². The first kappa shape index (κ1) is 17.3. The Balaban J connectivity index is 4.20. The van der Waals surface area contributed by atoms with Crippen LogP contribution in [0.1, 0.15) is 20.3 Å². The predicted octanol–water partition coefficient (Wildman–Crippen LogP) is 0.0567. The summed E-state index contributed by atoms with van der Waals surface area (Å²) in [5.41, 5.74) is 0. The van der Waals surface area contributed by atoms with Crippen LogP contribution in [0.5, 0.6) is 0 Å². The molecule has 0 fully saturated rings. The Morgan fingerprint density at radius 2 is 2.00 bits per heavy atom.